The molecule has 0 saturated heterocycles. The van der Waals surface area contributed by atoms with Crippen LogP contribution in [0, 0.1) is 5.92 Å². The zero-order valence-electron chi connectivity index (χ0n) is 11.6. The van der Waals surface area contributed by atoms with Gasteiger partial charge in [0.25, 0.3) is 0 Å². The van der Waals surface area contributed by atoms with Gasteiger partial charge >= 0.3 is 0 Å². The van der Waals surface area contributed by atoms with Crippen LogP contribution in [-0.4, -0.2) is 24.4 Å². The first-order chi connectivity index (χ1) is 9.26. The van der Waals surface area contributed by atoms with Crippen molar-refractivity contribution in [3.63, 3.8) is 0 Å². The summed E-state index contributed by atoms with van der Waals surface area (Å²) in [4.78, 5) is 0. The number of ether oxygens (including phenoxy) is 1. The van der Waals surface area contributed by atoms with Crippen molar-refractivity contribution in [2.75, 3.05) is 13.2 Å². The molecule has 0 amide bonds. The number of benzene rings is 1. The molecular weight excluding hydrogens is 238 g/mol. The summed E-state index contributed by atoms with van der Waals surface area (Å²) in [7, 11) is 0. The maximum atomic E-state index is 9.32. The van der Waals surface area contributed by atoms with E-state index in [1.165, 1.54) is 11.1 Å². The second-order valence-electron chi connectivity index (χ2n) is 5.83. The Morgan fingerprint density at radius 2 is 2.26 bits per heavy atom. The lowest BCUT2D eigenvalue weighted by molar-refractivity contribution is 0.0418. The van der Waals surface area contributed by atoms with Crippen molar-refractivity contribution in [2.24, 2.45) is 5.92 Å². The molecule has 1 aliphatic heterocycles. The minimum absolute atomic E-state index is 0.0518. The molecule has 1 fully saturated rings. The third-order valence-electron chi connectivity index (χ3n) is 4.39. The summed E-state index contributed by atoms with van der Waals surface area (Å²) in [6.07, 6.45) is 4.00. The quantitative estimate of drug-likeness (QED) is 0.855. The lowest BCUT2D eigenvalue weighted by Gasteiger charge is -2.33. The molecular formula is C16H23NO2. The molecule has 2 aliphatic rings. The Kier molecular flexibility index (Phi) is 3.76. The van der Waals surface area contributed by atoms with E-state index < -0.39 is 0 Å². The molecule has 2 N–H and O–H groups in total. The first-order valence-corrected chi connectivity index (χ1v) is 7.43. The van der Waals surface area contributed by atoms with Crippen molar-refractivity contribution in [3.05, 3.63) is 29.3 Å². The lowest BCUT2D eigenvalue weighted by Crippen LogP contribution is -2.37. The Labute approximate surface area is 115 Å². The number of aliphatic hydroxyl groups excluding tert-OH is 1. The number of fused-ring (bicyclic) bond motifs is 1. The van der Waals surface area contributed by atoms with Crippen LogP contribution >= 0.6 is 0 Å². The molecule has 1 aromatic carbocycles. The molecule has 104 valence electrons. The Bertz CT molecular complexity index is 440. The molecule has 1 atom stereocenters. The van der Waals surface area contributed by atoms with Gasteiger partial charge in [-0.05, 0) is 48.9 Å². The van der Waals surface area contributed by atoms with E-state index in [4.69, 9.17) is 4.74 Å². The van der Waals surface area contributed by atoms with Gasteiger partial charge in [-0.15, -0.1) is 0 Å². The van der Waals surface area contributed by atoms with E-state index in [1.54, 1.807) is 0 Å². The maximum absolute atomic E-state index is 9.32. The van der Waals surface area contributed by atoms with E-state index >= 15 is 0 Å². The predicted molar refractivity (Wildman–Crippen MR) is 75.4 cm³/mol. The number of aliphatic hydroxyl groups is 1. The van der Waals surface area contributed by atoms with Crippen LogP contribution < -0.4 is 10.1 Å². The van der Waals surface area contributed by atoms with Gasteiger partial charge in [0, 0.05) is 12.5 Å². The lowest BCUT2D eigenvalue weighted by atomic mass is 9.82. The molecule has 3 heteroatoms. The normalized spacial score (nSPS) is 26.4. The zero-order chi connectivity index (χ0) is 13.2. The minimum atomic E-state index is -0.0518. The van der Waals surface area contributed by atoms with Crippen LogP contribution in [0.25, 0.3) is 0 Å². The fraction of sp³-hybridized carbons (Fsp3) is 0.625. The predicted octanol–water partition coefficient (Wildman–Crippen LogP) is 2.43. The Morgan fingerprint density at radius 3 is 3.00 bits per heavy atom. The molecule has 1 saturated carbocycles. The van der Waals surface area contributed by atoms with Crippen molar-refractivity contribution in [1.29, 1.82) is 0 Å². The van der Waals surface area contributed by atoms with Gasteiger partial charge in [0.1, 0.15) is 5.75 Å². The SMILES string of the molecule is CCC(NCC1CC(O)C1)c1ccc2c(c1)CCO2. The summed E-state index contributed by atoms with van der Waals surface area (Å²) in [5.41, 5.74) is 2.71. The van der Waals surface area contributed by atoms with Crippen LogP contribution in [0.1, 0.15) is 43.4 Å². The van der Waals surface area contributed by atoms with Crippen LogP contribution in [0.15, 0.2) is 18.2 Å². The van der Waals surface area contributed by atoms with Gasteiger partial charge in [0.2, 0.25) is 0 Å². The minimum Gasteiger partial charge on any atom is -0.493 e. The van der Waals surface area contributed by atoms with Gasteiger partial charge in [-0.3, -0.25) is 0 Å². The molecule has 1 aliphatic carbocycles. The fourth-order valence-corrected chi connectivity index (χ4v) is 3.10. The topological polar surface area (TPSA) is 41.5 Å². The number of hydrogen-bond acceptors (Lipinski definition) is 3. The first-order valence-electron chi connectivity index (χ1n) is 7.43. The van der Waals surface area contributed by atoms with E-state index in [2.05, 4.69) is 30.4 Å². The molecule has 19 heavy (non-hydrogen) atoms. The monoisotopic (exact) mass is 261 g/mol. The van der Waals surface area contributed by atoms with Gasteiger partial charge in [0.05, 0.1) is 12.7 Å². The van der Waals surface area contributed by atoms with Gasteiger partial charge in [0.15, 0.2) is 0 Å². The van der Waals surface area contributed by atoms with Crippen LogP contribution in [0.4, 0.5) is 0 Å². The summed E-state index contributed by atoms with van der Waals surface area (Å²) >= 11 is 0. The number of nitrogens with one attached hydrogen (secondary N) is 1. The molecule has 3 rings (SSSR count). The van der Waals surface area contributed by atoms with Gasteiger partial charge in [-0.2, -0.15) is 0 Å². The van der Waals surface area contributed by atoms with Crippen molar-refractivity contribution < 1.29 is 9.84 Å². The molecule has 0 aromatic heterocycles. The van der Waals surface area contributed by atoms with E-state index in [-0.39, 0.29) is 6.10 Å². The second-order valence-corrected chi connectivity index (χ2v) is 5.83. The third-order valence-corrected chi connectivity index (χ3v) is 4.39. The van der Waals surface area contributed by atoms with E-state index in [0.29, 0.717) is 12.0 Å². The summed E-state index contributed by atoms with van der Waals surface area (Å²) < 4.78 is 5.56. The van der Waals surface area contributed by atoms with Crippen LogP contribution in [-0.2, 0) is 6.42 Å². The highest BCUT2D eigenvalue weighted by Gasteiger charge is 2.27. The third kappa shape index (κ3) is 2.77. The number of hydrogen-bond donors (Lipinski definition) is 2. The van der Waals surface area contributed by atoms with Crippen molar-refractivity contribution in [1.82, 2.24) is 5.32 Å². The second kappa shape index (κ2) is 5.51. The summed E-state index contributed by atoms with van der Waals surface area (Å²) in [6.45, 7) is 4.06. The maximum Gasteiger partial charge on any atom is 0.122 e. The largest absolute Gasteiger partial charge is 0.493 e. The van der Waals surface area contributed by atoms with Gasteiger partial charge < -0.3 is 15.2 Å². The number of rotatable bonds is 5. The molecule has 0 radical (unpaired) electrons. The molecule has 0 spiro atoms. The average molecular weight is 261 g/mol. The van der Waals surface area contributed by atoms with E-state index in [0.717, 1.165) is 44.6 Å². The smallest absolute Gasteiger partial charge is 0.122 e. The molecule has 1 heterocycles. The van der Waals surface area contributed by atoms with Crippen molar-refractivity contribution in [3.8, 4) is 5.75 Å². The van der Waals surface area contributed by atoms with E-state index in [9.17, 15) is 5.11 Å². The van der Waals surface area contributed by atoms with Crippen LogP contribution in [0.3, 0.4) is 0 Å². The molecule has 1 aromatic rings. The van der Waals surface area contributed by atoms with Crippen molar-refractivity contribution in [2.45, 2.75) is 44.8 Å². The summed E-state index contributed by atoms with van der Waals surface area (Å²) in [5.74, 6) is 1.71. The Balaban J connectivity index is 1.61. The summed E-state index contributed by atoms with van der Waals surface area (Å²) in [6, 6.07) is 7.00. The highest BCUT2D eigenvalue weighted by molar-refractivity contribution is 5.40. The Hall–Kier alpha value is -1.06. The highest BCUT2D eigenvalue weighted by atomic mass is 16.5. The van der Waals surface area contributed by atoms with Crippen LogP contribution in [0.2, 0.25) is 0 Å². The van der Waals surface area contributed by atoms with E-state index in [1.807, 2.05) is 0 Å². The Morgan fingerprint density at radius 1 is 1.42 bits per heavy atom. The van der Waals surface area contributed by atoms with Crippen LogP contribution in [0.5, 0.6) is 5.75 Å². The molecule has 3 nitrogen and oxygen atoms in total. The molecule has 0 bridgehead atoms. The van der Waals surface area contributed by atoms with Gasteiger partial charge in [-0.25, -0.2) is 0 Å². The standard InChI is InChI=1S/C16H23NO2/c1-2-15(17-10-11-7-14(18)8-11)12-3-4-16-13(9-12)5-6-19-16/h3-4,9,11,14-15,17-18H,2,5-8,10H2,1H3. The summed E-state index contributed by atoms with van der Waals surface area (Å²) in [5, 5.41) is 13.0. The molecule has 1 unspecified atom stereocenters. The zero-order valence-corrected chi connectivity index (χ0v) is 11.6. The van der Waals surface area contributed by atoms with Crippen molar-refractivity contribution >= 4 is 0 Å². The first kappa shape index (κ1) is 12.9. The highest BCUT2D eigenvalue weighted by Crippen LogP contribution is 2.30. The van der Waals surface area contributed by atoms with Gasteiger partial charge in [-0.1, -0.05) is 19.1 Å². The average Bonchev–Trinajstić information content (AvgIpc) is 2.84. The fourth-order valence-electron chi connectivity index (χ4n) is 3.10.